The summed E-state index contributed by atoms with van der Waals surface area (Å²) in [5, 5.41) is 20.7. The summed E-state index contributed by atoms with van der Waals surface area (Å²) in [7, 11) is 0. The molecule has 0 spiro atoms. The molecule has 7 nitrogen and oxygen atoms in total. The van der Waals surface area contributed by atoms with Gasteiger partial charge in [0.2, 0.25) is 0 Å². The zero-order valence-electron chi connectivity index (χ0n) is 19.6. The Morgan fingerprint density at radius 3 is 1.07 bits per heavy atom. The molecule has 0 bridgehead atoms. The number of hydrogen-bond acceptors (Lipinski definition) is 7. The van der Waals surface area contributed by atoms with E-state index in [1.165, 1.54) is 13.8 Å². The number of ketones is 2. The van der Waals surface area contributed by atoms with Crippen molar-refractivity contribution in [1.29, 1.82) is 0 Å². The van der Waals surface area contributed by atoms with Crippen LogP contribution in [0.5, 0.6) is 0 Å². The second kappa shape index (κ2) is 14.7. The average Bonchev–Trinajstić information content (AvgIpc) is 2.65. The van der Waals surface area contributed by atoms with Crippen molar-refractivity contribution in [1.82, 2.24) is 0 Å². The Morgan fingerprint density at radius 1 is 0.759 bits per heavy atom. The Bertz CT molecular complexity index is 495. The van der Waals surface area contributed by atoms with Crippen molar-refractivity contribution in [3.8, 4) is 0 Å². The van der Waals surface area contributed by atoms with Gasteiger partial charge in [-0.3, -0.25) is 9.59 Å². The van der Waals surface area contributed by atoms with Crippen molar-refractivity contribution in [2.45, 2.75) is 88.2 Å². The number of carbonyl (C=O) groups is 4. The van der Waals surface area contributed by atoms with Gasteiger partial charge in [-0.2, -0.15) is 0 Å². The van der Waals surface area contributed by atoms with E-state index in [0.717, 1.165) is 0 Å². The van der Waals surface area contributed by atoms with E-state index in [4.69, 9.17) is 0 Å². The van der Waals surface area contributed by atoms with Gasteiger partial charge in [0.1, 0.15) is 11.6 Å². The van der Waals surface area contributed by atoms with Crippen LogP contribution in [-0.4, -0.2) is 46.2 Å². The number of hydrogen-bond donors (Lipinski definition) is 0. The van der Waals surface area contributed by atoms with Gasteiger partial charge in [0.25, 0.3) is 0 Å². The molecule has 8 heteroatoms. The summed E-state index contributed by atoms with van der Waals surface area (Å²) < 4.78 is 4.67. The van der Waals surface area contributed by atoms with Crippen molar-refractivity contribution in [3.63, 3.8) is 0 Å². The Hall–Kier alpha value is -1.23. The number of aliphatic carboxylic acids is 2. The van der Waals surface area contributed by atoms with Crippen LogP contribution < -0.4 is 10.2 Å². The van der Waals surface area contributed by atoms with Gasteiger partial charge in [-0.1, -0.05) is 55.4 Å². The standard InChI is InChI=1S/2C9H16O3.C3H7O.Al/c2*1-5-9(3,4)7(10)6(2)8(11)12;1-3(2)4;/h2*6H,5H2,1-4H3,(H,11,12);3H,1-2H3;/q;;-1;+3/p-2. The van der Waals surface area contributed by atoms with Gasteiger partial charge < -0.3 is 19.8 Å². The molecule has 0 amide bonds. The van der Waals surface area contributed by atoms with Crippen molar-refractivity contribution < 1.29 is 33.2 Å². The van der Waals surface area contributed by atoms with Crippen molar-refractivity contribution in [2.24, 2.45) is 22.7 Å². The van der Waals surface area contributed by atoms with E-state index in [0.29, 0.717) is 18.9 Å². The average molecular weight is 429 g/mol. The zero-order chi connectivity index (χ0) is 24.2. The minimum Gasteiger partial charge on any atom is -0.549 e. The molecule has 166 valence electrons. The first-order chi connectivity index (χ1) is 12.9. The van der Waals surface area contributed by atoms with Gasteiger partial charge in [-0.25, -0.2) is 0 Å². The third-order valence-electron chi connectivity index (χ3n) is 4.87. The molecule has 0 saturated carbocycles. The van der Waals surface area contributed by atoms with Gasteiger partial charge in [-0.05, 0) is 12.8 Å². The summed E-state index contributed by atoms with van der Waals surface area (Å²) in [6.07, 6.45) is 1.63. The molecular formula is C21H37AlO7. The fourth-order valence-corrected chi connectivity index (χ4v) is 1.73. The first-order valence-corrected chi connectivity index (χ1v) is 10.3. The van der Waals surface area contributed by atoms with Crippen molar-refractivity contribution in [3.05, 3.63) is 0 Å². The number of rotatable bonds is 9. The van der Waals surface area contributed by atoms with Crippen molar-refractivity contribution >= 4 is 40.1 Å². The molecule has 0 N–H and O–H groups in total. The number of carboxylic acid groups (broad SMARTS) is 2. The Balaban J connectivity index is -0.000000380. The molecule has 0 saturated heterocycles. The molecule has 0 heterocycles. The van der Waals surface area contributed by atoms with Gasteiger partial charge in [0, 0.05) is 10.8 Å². The number of Topliss-reactive ketones (excluding diaryl/α,β-unsaturated/α-hetero) is 2. The summed E-state index contributed by atoms with van der Waals surface area (Å²) in [6, 6.07) is 0. The molecule has 0 fully saturated rings. The normalized spacial score (nSPS) is 13.3. The van der Waals surface area contributed by atoms with Gasteiger partial charge >= 0.3 is 40.4 Å². The van der Waals surface area contributed by atoms with Crippen LogP contribution in [0.3, 0.4) is 0 Å². The van der Waals surface area contributed by atoms with Crippen LogP contribution in [0.1, 0.15) is 82.1 Å². The molecule has 29 heavy (non-hydrogen) atoms. The Labute approximate surface area is 184 Å². The zero-order valence-corrected chi connectivity index (χ0v) is 20.7. The molecule has 2 atom stereocenters. The fraction of sp³-hybridized carbons (Fsp3) is 0.810. The molecule has 0 aliphatic rings. The topological polar surface area (TPSA) is 124 Å². The summed E-state index contributed by atoms with van der Waals surface area (Å²) in [4.78, 5) is 43.6. The van der Waals surface area contributed by atoms with E-state index < -0.39 is 34.6 Å². The predicted octanol–water partition coefficient (Wildman–Crippen LogP) is 1.25. The third-order valence-corrected chi connectivity index (χ3v) is 5.41. The van der Waals surface area contributed by atoms with Crippen molar-refractivity contribution in [2.75, 3.05) is 0 Å². The van der Waals surface area contributed by atoms with E-state index in [9.17, 15) is 29.4 Å². The van der Waals surface area contributed by atoms with E-state index in [-0.39, 0.29) is 11.6 Å². The van der Waals surface area contributed by atoms with Crippen LogP contribution in [0.2, 0.25) is 0 Å². The Kier molecular flexibility index (Phi) is 16.5. The SMILES string of the molecule is CC(C)[O][Al+2].CCC(C)(C)C(=O)C(C)C(=O)[O-].CCC(C)(C)C(=O)C(C)C(=O)[O-]. The van der Waals surface area contributed by atoms with Gasteiger partial charge in [0.15, 0.2) is 0 Å². The minimum atomic E-state index is -1.29. The van der Waals surface area contributed by atoms with Crippen LogP contribution in [-0.2, 0) is 23.0 Å². The van der Waals surface area contributed by atoms with E-state index >= 15 is 0 Å². The predicted molar refractivity (Wildman–Crippen MR) is 108 cm³/mol. The summed E-state index contributed by atoms with van der Waals surface area (Å²) in [5.74, 6) is -5.10. The van der Waals surface area contributed by atoms with E-state index in [1.54, 1.807) is 27.7 Å². The number of carbonyl (C=O) groups excluding carboxylic acids is 4. The molecule has 0 aromatic rings. The number of carboxylic acids is 2. The van der Waals surface area contributed by atoms with Gasteiger partial charge in [-0.15, -0.1) is 0 Å². The van der Waals surface area contributed by atoms with E-state index in [1.807, 2.05) is 27.7 Å². The quantitative estimate of drug-likeness (QED) is 0.400. The first-order valence-electron chi connectivity index (χ1n) is 9.78. The summed E-state index contributed by atoms with van der Waals surface area (Å²) in [5.41, 5.74) is -1.11. The molecule has 0 aromatic carbocycles. The monoisotopic (exact) mass is 428 g/mol. The maximum Gasteiger partial charge on any atom is 0.146 e. The molecule has 0 aromatic heterocycles. The summed E-state index contributed by atoms with van der Waals surface area (Å²) >= 11 is 2.19. The smallest absolute Gasteiger partial charge is 0.146 e. The minimum absolute atomic E-state index is 0.259. The molecule has 0 aliphatic heterocycles. The third kappa shape index (κ3) is 13.6. The maximum atomic E-state index is 11.4. The summed E-state index contributed by atoms with van der Waals surface area (Å²) in [6.45, 7) is 17.4. The molecule has 0 aliphatic carbocycles. The van der Waals surface area contributed by atoms with Crippen LogP contribution >= 0.6 is 0 Å². The van der Waals surface area contributed by atoms with Crippen LogP contribution in [0.4, 0.5) is 0 Å². The molecule has 0 radical (unpaired) electrons. The fourth-order valence-electron chi connectivity index (χ4n) is 1.73. The maximum absolute atomic E-state index is 11.4. The van der Waals surface area contributed by atoms with Crippen LogP contribution in [0, 0.1) is 22.7 Å². The van der Waals surface area contributed by atoms with Gasteiger partial charge in [0.05, 0.1) is 23.8 Å². The molecular weight excluding hydrogens is 391 g/mol. The second-order valence-electron chi connectivity index (χ2n) is 8.47. The van der Waals surface area contributed by atoms with E-state index in [2.05, 4.69) is 20.4 Å². The van der Waals surface area contributed by atoms with Crippen LogP contribution in [0.15, 0.2) is 0 Å². The van der Waals surface area contributed by atoms with Crippen LogP contribution in [0.25, 0.3) is 0 Å². The Morgan fingerprint density at radius 2 is 0.966 bits per heavy atom. The first kappa shape index (κ1) is 32.4. The second-order valence-corrected chi connectivity index (χ2v) is 8.74. The largest absolute Gasteiger partial charge is 0.549 e. The molecule has 2 unspecified atom stereocenters. The molecule has 0 rings (SSSR count).